The van der Waals surface area contributed by atoms with Gasteiger partial charge in [0, 0.05) is 19.7 Å². The number of piperidine rings is 1. The van der Waals surface area contributed by atoms with Crippen LogP contribution in [-0.2, 0) is 14.3 Å². The zero-order chi connectivity index (χ0) is 18.7. The number of hydrogen-bond donors (Lipinski definition) is 1. The maximum atomic E-state index is 13.0. The summed E-state index contributed by atoms with van der Waals surface area (Å²) in [7, 11) is 0. The third-order valence-corrected chi connectivity index (χ3v) is 5.35. The second kappa shape index (κ2) is 8.22. The molecule has 0 bridgehead atoms. The fourth-order valence-corrected chi connectivity index (χ4v) is 3.86. The lowest BCUT2D eigenvalue weighted by Gasteiger charge is -2.35. The van der Waals surface area contributed by atoms with Crippen molar-refractivity contribution in [3.63, 3.8) is 0 Å². The topological polar surface area (TPSA) is 76.1 Å². The normalized spacial score (nSPS) is 23.8. The zero-order valence-corrected chi connectivity index (χ0v) is 15.0. The number of carbonyl (C=O) groups excluding carboxylic acids is 1. The molecule has 2 fully saturated rings. The fourth-order valence-electron chi connectivity index (χ4n) is 3.64. The van der Waals surface area contributed by atoms with E-state index in [1.54, 1.807) is 4.90 Å². The van der Waals surface area contributed by atoms with Gasteiger partial charge in [0.05, 0.1) is 17.0 Å². The molecule has 0 radical (unpaired) electrons. The first-order valence-electron chi connectivity index (χ1n) is 8.65. The molecule has 1 N–H and O–H groups in total. The Morgan fingerprint density at radius 3 is 2.69 bits per heavy atom. The second-order valence-corrected chi connectivity index (χ2v) is 7.06. The number of carboxylic acids is 1. The quantitative estimate of drug-likeness (QED) is 0.843. The molecule has 26 heavy (non-hydrogen) atoms. The molecule has 6 nitrogen and oxygen atoms in total. The molecule has 3 rings (SSSR count). The Balaban J connectivity index is 1.48. The number of likely N-dealkylation sites (tertiary alicyclic amines) is 1. The van der Waals surface area contributed by atoms with E-state index in [1.807, 2.05) is 0 Å². The molecule has 1 aromatic carbocycles. The van der Waals surface area contributed by atoms with Gasteiger partial charge < -0.3 is 19.5 Å². The minimum atomic E-state index is -0.810. The molecule has 0 aliphatic carbocycles. The van der Waals surface area contributed by atoms with E-state index >= 15 is 0 Å². The summed E-state index contributed by atoms with van der Waals surface area (Å²) in [5.41, 5.74) is 0. The highest BCUT2D eigenvalue weighted by Crippen LogP contribution is 2.33. The van der Waals surface area contributed by atoms with Gasteiger partial charge in [0.1, 0.15) is 11.6 Å². The van der Waals surface area contributed by atoms with Crippen molar-refractivity contribution in [2.45, 2.75) is 25.4 Å². The summed E-state index contributed by atoms with van der Waals surface area (Å²) in [5, 5.41) is 9.40. The van der Waals surface area contributed by atoms with Crippen molar-refractivity contribution < 1.29 is 28.6 Å². The molecule has 2 atom stereocenters. The molecule has 1 aromatic rings. The van der Waals surface area contributed by atoms with Crippen molar-refractivity contribution >= 4 is 23.5 Å². The number of amides is 1. The van der Waals surface area contributed by atoms with E-state index in [1.165, 1.54) is 12.1 Å². The first-order chi connectivity index (χ1) is 12.5. The first-order valence-corrected chi connectivity index (χ1v) is 9.03. The van der Waals surface area contributed by atoms with Gasteiger partial charge >= 0.3 is 5.97 Å². The number of nitrogens with zero attached hydrogens (tertiary/aromatic N) is 1. The molecule has 142 valence electrons. The summed E-state index contributed by atoms with van der Waals surface area (Å²) in [6, 6.07) is 3.74. The minimum Gasteiger partial charge on any atom is -0.482 e. The minimum absolute atomic E-state index is 0.120. The smallest absolute Gasteiger partial charge is 0.309 e. The van der Waals surface area contributed by atoms with Crippen molar-refractivity contribution in [3.8, 4) is 5.75 Å². The van der Waals surface area contributed by atoms with Crippen molar-refractivity contribution in [1.82, 2.24) is 4.90 Å². The lowest BCUT2D eigenvalue weighted by atomic mass is 9.84. The average molecular weight is 386 g/mol. The monoisotopic (exact) mass is 385 g/mol. The zero-order valence-electron chi connectivity index (χ0n) is 14.2. The predicted molar refractivity (Wildman–Crippen MR) is 91.7 cm³/mol. The maximum absolute atomic E-state index is 13.0. The predicted octanol–water partition coefficient (Wildman–Crippen LogP) is 2.59. The summed E-state index contributed by atoms with van der Waals surface area (Å²) in [5.74, 6) is -1.49. The Labute approximate surface area is 155 Å². The van der Waals surface area contributed by atoms with Crippen LogP contribution in [0.4, 0.5) is 4.39 Å². The van der Waals surface area contributed by atoms with Crippen LogP contribution < -0.4 is 4.74 Å². The van der Waals surface area contributed by atoms with Gasteiger partial charge in [-0.05, 0) is 43.4 Å². The summed E-state index contributed by atoms with van der Waals surface area (Å²) >= 11 is 5.88. The largest absolute Gasteiger partial charge is 0.482 e. The molecule has 0 aromatic heterocycles. The third-order valence-electron chi connectivity index (χ3n) is 5.05. The van der Waals surface area contributed by atoms with Gasteiger partial charge in [0.2, 0.25) is 0 Å². The van der Waals surface area contributed by atoms with Gasteiger partial charge in [0.25, 0.3) is 5.91 Å². The molecule has 2 heterocycles. The molecule has 1 amide bonds. The Morgan fingerprint density at radius 2 is 2.04 bits per heavy atom. The summed E-state index contributed by atoms with van der Waals surface area (Å²) in [4.78, 5) is 25.3. The molecule has 2 saturated heterocycles. The molecule has 0 spiro atoms. The van der Waals surface area contributed by atoms with Crippen LogP contribution in [-0.4, -0.2) is 54.3 Å². The van der Waals surface area contributed by atoms with Crippen LogP contribution in [0.2, 0.25) is 5.02 Å². The molecule has 2 aliphatic heterocycles. The van der Waals surface area contributed by atoms with Crippen LogP contribution in [0.25, 0.3) is 0 Å². The van der Waals surface area contributed by atoms with Crippen molar-refractivity contribution in [2.24, 2.45) is 11.8 Å². The van der Waals surface area contributed by atoms with Gasteiger partial charge in [-0.25, -0.2) is 4.39 Å². The fraction of sp³-hybridized carbons (Fsp3) is 0.556. The van der Waals surface area contributed by atoms with Gasteiger partial charge in [-0.15, -0.1) is 0 Å². The van der Waals surface area contributed by atoms with Crippen LogP contribution >= 0.6 is 11.6 Å². The standard InChI is InChI=1S/C18H21ClFNO5/c19-14-9-12(20)1-2-15(14)26-10-16(22)21-6-3-11(4-7-21)17-13(18(23)24)5-8-25-17/h1-2,9,11,13,17H,3-8,10H2,(H,23,24)/t13?,17-/m0/s1. The Hall–Kier alpha value is -1.86. The molecule has 1 unspecified atom stereocenters. The molecule has 8 heteroatoms. The molecule has 2 aliphatic rings. The Morgan fingerprint density at radius 1 is 1.31 bits per heavy atom. The summed E-state index contributed by atoms with van der Waals surface area (Å²) in [6.07, 6.45) is 1.69. The van der Waals surface area contributed by atoms with Crippen LogP contribution in [0.5, 0.6) is 5.75 Å². The van der Waals surface area contributed by atoms with Crippen molar-refractivity contribution in [1.29, 1.82) is 0 Å². The van der Waals surface area contributed by atoms with Crippen LogP contribution in [0.3, 0.4) is 0 Å². The van der Waals surface area contributed by atoms with E-state index in [0.717, 1.165) is 6.07 Å². The number of aliphatic carboxylic acids is 1. The number of rotatable bonds is 5. The number of carboxylic acid groups (broad SMARTS) is 1. The Bertz CT molecular complexity index is 678. The van der Waals surface area contributed by atoms with Crippen molar-refractivity contribution in [2.75, 3.05) is 26.3 Å². The van der Waals surface area contributed by atoms with E-state index < -0.39 is 17.7 Å². The third kappa shape index (κ3) is 4.27. The first kappa shape index (κ1) is 18.9. The number of benzene rings is 1. The van der Waals surface area contributed by atoms with E-state index in [0.29, 0.717) is 39.0 Å². The van der Waals surface area contributed by atoms with E-state index in [-0.39, 0.29) is 35.3 Å². The molecule has 0 saturated carbocycles. The lowest BCUT2D eigenvalue weighted by molar-refractivity contribution is -0.146. The molecular weight excluding hydrogens is 365 g/mol. The van der Waals surface area contributed by atoms with Gasteiger partial charge in [-0.3, -0.25) is 9.59 Å². The number of ether oxygens (including phenoxy) is 2. The highest BCUT2D eigenvalue weighted by Gasteiger charge is 2.40. The lowest BCUT2D eigenvalue weighted by Crippen LogP contribution is -2.44. The molecular formula is C18H21ClFNO5. The maximum Gasteiger partial charge on any atom is 0.309 e. The van der Waals surface area contributed by atoms with Gasteiger partial charge in [0.15, 0.2) is 6.61 Å². The summed E-state index contributed by atoms with van der Waals surface area (Å²) in [6.45, 7) is 1.38. The summed E-state index contributed by atoms with van der Waals surface area (Å²) < 4.78 is 24.0. The van der Waals surface area contributed by atoms with Crippen LogP contribution in [0, 0.1) is 17.7 Å². The SMILES string of the molecule is O=C(O)C1CCO[C@H]1C1CCN(C(=O)COc2ccc(F)cc2Cl)CC1. The van der Waals surface area contributed by atoms with E-state index in [4.69, 9.17) is 21.1 Å². The van der Waals surface area contributed by atoms with Gasteiger partial charge in [-0.2, -0.15) is 0 Å². The van der Waals surface area contributed by atoms with E-state index in [2.05, 4.69) is 0 Å². The highest BCUT2D eigenvalue weighted by molar-refractivity contribution is 6.32. The number of halogens is 2. The number of hydrogen-bond acceptors (Lipinski definition) is 4. The number of carbonyl (C=O) groups is 2. The highest BCUT2D eigenvalue weighted by atomic mass is 35.5. The van der Waals surface area contributed by atoms with E-state index in [9.17, 15) is 19.1 Å². The average Bonchev–Trinajstić information content (AvgIpc) is 3.11. The Kier molecular flexibility index (Phi) is 5.98. The van der Waals surface area contributed by atoms with Crippen LogP contribution in [0.15, 0.2) is 18.2 Å². The van der Waals surface area contributed by atoms with Gasteiger partial charge in [-0.1, -0.05) is 11.6 Å². The van der Waals surface area contributed by atoms with Crippen LogP contribution in [0.1, 0.15) is 19.3 Å². The van der Waals surface area contributed by atoms with Crippen molar-refractivity contribution in [3.05, 3.63) is 29.0 Å². The second-order valence-electron chi connectivity index (χ2n) is 6.65.